The molecule has 3 rings (SSSR count). The second-order valence-corrected chi connectivity index (χ2v) is 8.18. The van der Waals surface area contributed by atoms with Crippen molar-refractivity contribution < 1.29 is 28.3 Å². The van der Waals surface area contributed by atoms with E-state index < -0.39 is 12.0 Å². The van der Waals surface area contributed by atoms with Crippen LogP contribution in [0.2, 0.25) is 0 Å². The summed E-state index contributed by atoms with van der Waals surface area (Å²) in [5.41, 5.74) is 2.38. The Morgan fingerprint density at radius 1 is 1.11 bits per heavy atom. The predicted octanol–water partition coefficient (Wildman–Crippen LogP) is 4.82. The highest BCUT2D eigenvalue weighted by molar-refractivity contribution is 6.07. The number of amides is 1. The zero-order chi connectivity index (χ0) is 25.7. The lowest BCUT2D eigenvalue weighted by atomic mass is 9.99. The van der Waals surface area contributed by atoms with Crippen LogP contribution in [-0.2, 0) is 17.8 Å². The Morgan fingerprint density at radius 2 is 1.86 bits per heavy atom. The first-order chi connectivity index (χ1) is 16.7. The number of carbonyl (C=O) groups excluding carboxylic acids is 3. The van der Waals surface area contributed by atoms with Gasteiger partial charge in [0.1, 0.15) is 17.2 Å². The van der Waals surface area contributed by atoms with Crippen LogP contribution in [0, 0.1) is 13.8 Å². The molecule has 0 fully saturated rings. The molecule has 8 nitrogen and oxygen atoms in total. The molecule has 186 valence electrons. The largest absolute Gasteiger partial charge is 0.497 e. The molecule has 0 spiro atoms. The van der Waals surface area contributed by atoms with E-state index in [9.17, 15) is 14.4 Å². The quantitative estimate of drug-likeness (QED) is 0.305. The van der Waals surface area contributed by atoms with Gasteiger partial charge in [0.2, 0.25) is 0 Å². The lowest BCUT2D eigenvalue weighted by Crippen LogP contribution is -2.43. The summed E-state index contributed by atoms with van der Waals surface area (Å²) in [4.78, 5) is 41.6. The third-order valence-corrected chi connectivity index (χ3v) is 6.13. The number of aromatic nitrogens is 1. The van der Waals surface area contributed by atoms with Gasteiger partial charge in [0.15, 0.2) is 5.78 Å². The van der Waals surface area contributed by atoms with E-state index in [0.29, 0.717) is 46.1 Å². The van der Waals surface area contributed by atoms with E-state index in [-0.39, 0.29) is 24.8 Å². The fourth-order valence-corrected chi connectivity index (χ4v) is 4.34. The lowest BCUT2D eigenvalue weighted by molar-refractivity contribution is 0.0512. The van der Waals surface area contributed by atoms with Crippen LogP contribution in [0.25, 0.3) is 0 Å². The SMILES string of the molecule is CCOC(=O)c1c(C)c(C(=O)C(C)N(Cc2ccco2)C(=O)c2cccc(OC)c2)c(C)n1CC. The van der Waals surface area contributed by atoms with Crippen molar-refractivity contribution in [2.75, 3.05) is 13.7 Å². The minimum Gasteiger partial charge on any atom is -0.497 e. The number of nitrogens with zero attached hydrogens (tertiary/aromatic N) is 2. The number of carbonyl (C=O) groups is 3. The number of benzene rings is 1. The number of furan rings is 1. The van der Waals surface area contributed by atoms with E-state index in [4.69, 9.17) is 13.9 Å². The first-order valence-electron chi connectivity index (χ1n) is 11.6. The van der Waals surface area contributed by atoms with Crippen molar-refractivity contribution in [1.29, 1.82) is 0 Å². The number of ether oxygens (including phenoxy) is 2. The van der Waals surface area contributed by atoms with E-state index in [1.807, 2.05) is 6.92 Å². The number of ketones is 1. The lowest BCUT2D eigenvalue weighted by Gasteiger charge is -2.28. The summed E-state index contributed by atoms with van der Waals surface area (Å²) in [6, 6.07) is 9.45. The van der Waals surface area contributed by atoms with Crippen molar-refractivity contribution in [2.24, 2.45) is 0 Å². The number of esters is 1. The second-order valence-electron chi connectivity index (χ2n) is 8.18. The summed E-state index contributed by atoms with van der Waals surface area (Å²) in [6.45, 7) is 9.72. The van der Waals surface area contributed by atoms with E-state index in [2.05, 4.69) is 0 Å². The number of hydrogen-bond donors (Lipinski definition) is 0. The van der Waals surface area contributed by atoms with E-state index in [0.717, 1.165) is 0 Å². The maximum absolute atomic E-state index is 13.9. The molecule has 0 radical (unpaired) electrons. The van der Waals surface area contributed by atoms with Gasteiger partial charge in [-0.05, 0) is 70.5 Å². The summed E-state index contributed by atoms with van der Waals surface area (Å²) in [5, 5.41) is 0. The Kier molecular flexibility index (Phi) is 8.17. The molecule has 0 saturated heterocycles. The Morgan fingerprint density at radius 3 is 2.46 bits per heavy atom. The summed E-state index contributed by atoms with van der Waals surface area (Å²) >= 11 is 0. The standard InChI is InChI=1S/C27H32N2O6/c1-7-28-18(4)23(17(3)24(28)27(32)34-8-2)25(30)19(5)29(16-22-13-10-14-35-22)26(31)20-11-9-12-21(15-20)33-6/h9-15,19H,7-8,16H2,1-6H3. The minimum absolute atomic E-state index is 0.104. The van der Waals surface area contributed by atoms with Gasteiger partial charge in [0.05, 0.1) is 32.6 Å². The third kappa shape index (κ3) is 5.16. The van der Waals surface area contributed by atoms with Gasteiger partial charge in [0, 0.05) is 23.4 Å². The summed E-state index contributed by atoms with van der Waals surface area (Å²) in [6.07, 6.45) is 1.53. The van der Waals surface area contributed by atoms with Crippen LogP contribution in [0.3, 0.4) is 0 Å². The average molecular weight is 481 g/mol. The molecule has 1 unspecified atom stereocenters. The Hall–Kier alpha value is -3.81. The molecule has 1 amide bonds. The highest BCUT2D eigenvalue weighted by atomic mass is 16.5. The average Bonchev–Trinajstić information content (AvgIpc) is 3.46. The van der Waals surface area contributed by atoms with Gasteiger partial charge in [-0.3, -0.25) is 9.59 Å². The molecule has 0 aliphatic carbocycles. The van der Waals surface area contributed by atoms with Gasteiger partial charge in [-0.15, -0.1) is 0 Å². The molecule has 8 heteroatoms. The molecule has 2 aromatic heterocycles. The summed E-state index contributed by atoms with van der Waals surface area (Å²) < 4.78 is 17.8. The Bertz CT molecular complexity index is 1210. The van der Waals surface area contributed by atoms with Gasteiger partial charge >= 0.3 is 5.97 Å². The van der Waals surface area contributed by atoms with Crippen molar-refractivity contribution in [2.45, 2.75) is 53.8 Å². The van der Waals surface area contributed by atoms with Crippen LogP contribution >= 0.6 is 0 Å². The van der Waals surface area contributed by atoms with Crippen LogP contribution in [0.1, 0.15) is 69.0 Å². The summed E-state index contributed by atoms with van der Waals surface area (Å²) in [7, 11) is 1.53. The van der Waals surface area contributed by atoms with Gasteiger partial charge in [-0.1, -0.05) is 6.07 Å². The van der Waals surface area contributed by atoms with Gasteiger partial charge < -0.3 is 23.4 Å². The van der Waals surface area contributed by atoms with Crippen molar-refractivity contribution >= 4 is 17.7 Å². The fourth-order valence-electron chi connectivity index (χ4n) is 4.34. The normalized spacial score (nSPS) is 11.7. The monoisotopic (exact) mass is 480 g/mol. The fraction of sp³-hybridized carbons (Fsp3) is 0.370. The smallest absolute Gasteiger partial charge is 0.355 e. The van der Waals surface area contributed by atoms with Gasteiger partial charge in [0.25, 0.3) is 5.91 Å². The molecule has 1 atom stereocenters. The van der Waals surface area contributed by atoms with E-state index in [1.54, 1.807) is 68.7 Å². The molecule has 0 aliphatic heterocycles. The number of rotatable bonds is 10. The molecular weight excluding hydrogens is 448 g/mol. The molecule has 3 aromatic rings. The minimum atomic E-state index is -0.834. The number of hydrogen-bond acceptors (Lipinski definition) is 6. The number of Topliss-reactive ketones (excluding diaryl/α,β-unsaturated/α-hetero) is 1. The molecule has 2 heterocycles. The molecule has 35 heavy (non-hydrogen) atoms. The van der Waals surface area contributed by atoms with Crippen LogP contribution in [0.5, 0.6) is 5.75 Å². The highest BCUT2D eigenvalue weighted by Gasteiger charge is 2.33. The molecular formula is C27H32N2O6. The Labute approximate surface area is 205 Å². The topological polar surface area (TPSA) is 91.0 Å². The zero-order valence-electron chi connectivity index (χ0n) is 21.1. The molecule has 0 N–H and O–H groups in total. The number of methoxy groups -OCH3 is 1. The van der Waals surface area contributed by atoms with Crippen molar-refractivity contribution in [3.63, 3.8) is 0 Å². The van der Waals surface area contributed by atoms with Crippen LogP contribution in [0.4, 0.5) is 0 Å². The van der Waals surface area contributed by atoms with E-state index in [1.165, 1.54) is 18.3 Å². The summed E-state index contributed by atoms with van der Waals surface area (Å²) in [5.74, 6) is 0.0188. The zero-order valence-corrected chi connectivity index (χ0v) is 21.1. The molecule has 0 bridgehead atoms. The highest BCUT2D eigenvalue weighted by Crippen LogP contribution is 2.27. The molecule has 0 saturated carbocycles. The molecule has 0 aliphatic rings. The van der Waals surface area contributed by atoms with E-state index >= 15 is 0 Å². The predicted molar refractivity (Wildman–Crippen MR) is 131 cm³/mol. The van der Waals surface area contributed by atoms with Gasteiger partial charge in [-0.2, -0.15) is 0 Å². The first kappa shape index (κ1) is 25.8. The van der Waals surface area contributed by atoms with Crippen molar-refractivity contribution in [3.05, 3.63) is 76.5 Å². The van der Waals surface area contributed by atoms with Gasteiger partial charge in [-0.25, -0.2) is 4.79 Å². The van der Waals surface area contributed by atoms with Crippen molar-refractivity contribution in [1.82, 2.24) is 9.47 Å². The maximum atomic E-state index is 13.9. The first-order valence-corrected chi connectivity index (χ1v) is 11.6. The maximum Gasteiger partial charge on any atom is 0.355 e. The van der Waals surface area contributed by atoms with Crippen molar-refractivity contribution in [3.8, 4) is 5.75 Å². The second kappa shape index (κ2) is 11.1. The van der Waals surface area contributed by atoms with Crippen LogP contribution in [-0.4, -0.2) is 46.9 Å². The Balaban J connectivity index is 2.04. The van der Waals surface area contributed by atoms with Crippen LogP contribution in [0.15, 0.2) is 47.1 Å². The third-order valence-electron chi connectivity index (χ3n) is 6.13. The van der Waals surface area contributed by atoms with Crippen LogP contribution < -0.4 is 4.74 Å². The molecule has 1 aromatic carbocycles.